The molecule has 0 amide bonds. The Morgan fingerprint density at radius 2 is 1.80 bits per heavy atom. The Labute approximate surface area is 93.1 Å². The molecule has 1 aliphatic rings. The standard InChI is InChI=1S/C10H19NO3S/c1-3-10(4-2,9(12)13)11-5-7-15(14)8-6-11/h3-8H2,1-2H3,(H,12,13). The van der Waals surface area contributed by atoms with E-state index in [4.69, 9.17) is 0 Å². The first-order valence-corrected chi connectivity index (χ1v) is 6.89. The summed E-state index contributed by atoms with van der Waals surface area (Å²) >= 11 is 0. The number of carboxylic acid groups (broad SMARTS) is 1. The maximum absolute atomic E-state index is 11.3. The second-order valence-corrected chi connectivity index (χ2v) is 5.58. The molecule has 1 aliphatic heterocycles. The van der Waals surface area contributed by atoms with Gasteiger partial charge < -0.3 is 5.11 Å². The molecule has 5 heteroatoms. The van der Waals surface area contributed by atoms with Crippen molar-refractivity contribution >= 4 is 16.8 Å². The second kappa shape index (κ2) is 5.07. The third kappa shape index (κ3) is 2.39. The van der Waals surface area contributed by atoms with Crippen molar-refractivity contribution in [3.05, 3.63) is 0 Å². The molecule has 0 aliphatic carbocycles. The van der Waals surface area contributed by atoms with Gasteiger partial charge in [0.25, 0.3) is 0 Å². The van der Waals surface area contributed by atoms with E-state index in [9.17, 15) is 14.1 Å². The van der Waals surface area contributed by atoms with Crippen LogP contribution in [0.15, 0.2) is 0 Å². The van der Waals surface area contributed by atoms with Crippen molar-refractivity contribution < 1.29 is 14.1 Å². The number of aliphatic carboxylic acids is 1. The lowest BCUT2D eigenvalue weighted by Gasteiger charge is -2.41. The molecule has 0 unspecified atom stereocenters. The van der Waals surface area contributed by atoms with Gasteiger partial charge in [0.1, 0.15) is 5.54 Å². The molecule has 0 radical (unpaired) electrons. The summed E-state index contributed by atoms with van der Waals surface area (Å²) in [5.41, 5.74) is -0.745. The van der Waals surface area contributed by atoms with Crippen molar-refractivity contribution in [3.63, 3.8) is 0 Å². The smallest absolute Gasteiger partial charge is 0.324 e. The summed E-state index contributed by atoms with van der Waals surface area (Å²) in [4.78, 5) is 13.3. The van der Waals surface area contributed by atoms with E-state index in [0.29, 0.717) is 37.4 Å². The Morgan fingerprint density at radius 1 is 1.33 bits per heavy atom. The highest BCUT2D eigenvalue weighted by Gasteiger charge is 2.41. The number of rotatable bonds is 4. The normalized spacial score (nSPS) is 20.4. The quantitative estimate of drug-likeness (QED) is 0.776. The van der Waals surface area contributed by atoms with Crippen LogP contribution in [-0.2, 0) is 15.6 Å². The second-order valence-electron chi connectivity index (χ2n) is 3.88. The zero-order valence-corrected chi connectivity index (χ0v) is 10.2. The molecule has 1 heterocycles. The average molecular weight is 233 g/mol. The number of carboxylic acids is 1. The monoisotopic (exact) mass is 233 g/mol. The molecule has 1 fully saturated rings. The highest BCUT2D eigenvalue weighted by molar-refractivity contribution is 7.85. The van der Waals surface area contributed by atoms with E-state index in [2.05, 4.69) is 0 Å². The Morgan fingerprint density at radius 3 is 2.13 bits per heavy atom. The van der Waals surface area contributed by atoms with Gasteiger partial charge in [-0.05, 0) is 12.8 Å². The molecule has 1 saturated heterocycles. The molecule has 1 N–H and O–H groups in total. The molecule has 0 aromatic carbocycles. The van der Waals surface area contributed by atoms with Crippen LogP contribution < -0.4 is 0 Å². The van der Waals surface area contributed by atoms with Gasteiger partial charge in [-0.25, -0.2) is 0 Å². The number of carbonyl (C=O) groups is 1. The van der Waals surface area contributed by atoms with Gasteiger partial charge in [-0.2, -0.15) is 0 Å². The third-order valence-electron chi connectivity index (χ3n) is 3.35. The first-order chi connectivity index (χ1) is 7.06. The maximum atomic E-state index is 11.3. The third-order valence-corrected chi connectivity index (χ3v) is 4.63. The van der Waals surface area contributed by atoms with Crippen LogP contribution >= 0.6 is 0 Å². The topological polar surface area (TPSA) is 57.6 Å². The molecular weight excluding hydrogens is 214 g/mol. The molecule has 4 nitrogen and oxygen atoms in total. The van der Waals surface area contributed by atoms with E-state index in [1.807, 2.05) is 18.7 Å². The molecule has 88 valence electrons. The maximum Gasteiger partial charge on any atom is 0.324 e. The number of hydrogen-bond acceptors (Lipinski definition) is 3. The van der Waals surface area contributed by atoms with Gasteiger partial charge in [0.15, 0.2) is 0 Å². The molecule has 0 atom stereocenters. The zero-order chi connectivity index (χ0) is 11.5. The Kier molecular flexibility index (Phi) is 4.28. The van der Waals surface area contributed by atoms with Crippen molar-refractivity contribution in [2.75, 3.05) is 24.6 Å². The molecule has 15 heavy (non-hydrogen) atoms. The first-order valence-electron chi connectivity index (χ1n) is 5.40. The Bertz CT molecular complexity index is 253. The van der Waals surface area contributed by atoms with E-state index >= 15 is 0 Å². The van der Waals surface area contributed by atoms with E-state index in [1.165, 1.54) is 0 Å². The summed E-state index contributed by atoms with van der Waals surface area (Å²) in [5.74, 6) is 0.463. The molecule has 1 rings (SSSR count). The summed E-state index contributed by atoms with van der Waals surface area (Å²) < 4.78 is 11.2. The number of hydrogen-bond donors (Lipinski definition) is 1. The molecule has 0 bridgehead atoms. The van der Waals surface area contributed by atoms with Crippen molar-refractivity contribution in [3.8, 4) is 0 Å². The van der Waals surface area contributed by atoms with Crippen LogP contribution in [0.5, 0.6) is 0 Å². The minimum atomic E-state index is -0.750. The van der Waals surface area contributed by atoms with Gasteiger partial charge >= 0.3 is 5.97 Å². The van der Waals surface area contributed by atoms with Crippen LogP contribution in [0.25, 0.3) is 0 Å². The summed E-state index contributed by atoms with van der Waals surface area (Å²) in [5, 5.41) is 9.32. The summed E-state index contributed by atoms with van der Waals surface area (Å²) in [7, 11) is -0.748. The molecule has 0 aromatic heterocycles. The lowest BCUT2D eigenvalue weighted by atomic mass is 9.90. The summed E-state index contributed by atoms with van der Waals surface area (Å²) in [6.45, 7) is 5.09. The van der Waals surface area contributed by atoms with Gasteiger partial charge in [-0.15, -0.1) is 0 Å². The first kappa shape index (κ1) is 12.6. The fourth-order valence-electron chi connectivity index (χ4n) is 2.20. The predicted octanol–water partition coefficient (Wildman–Crippen LogP) is 0.694. The van der Waals surface area contributed by atoms with Crippen LogP contribution in [0.2, 0.25) is 0 Å². The summed E-state index contributed by atoms with van der Waals surface area (Å²) in [6, 6.07) is 0. The van der Waals surface area contributed by atoms with E-state index in [0.717, 1.165) is 0 Å². The Balaban J connectivity index is 2.80. The molecular formula is C10H19NO3S. The fraction of sp³-hybridized carbons (Fsp3) is 0.900. The van der Waals surface area contributed by atoms with Crippen LogP contribution in [0.1, 0.15) is 26.7 Å². The Hall–Kier alpha value is -0.420. The summed E-state index contributed by atoms with van der Waals surface area (Å²) in [6.07, 6.45) is 1.21. The van der Waals surface area contributed by atoms with E-state index < -0.39 is 22.3 Å². The van der Waals surface area contributed by atoms with E-state index in [-0.39, 0.29) is 0 Å². The largest absolute Gasteiger partial charge is 0.480 e. The highest BCUT2D eigenvalue weighted by Crippen LogP contribution is 2.25. The molecule has 0 aromatic rings. The van der Waals surface area contributed by atoms with E-state index in [1.54, 1.807) is 0 Å². The van der Waals surface area contributed by atoms with Crippen molar-refractivity contribution in [1.82, 2.24) is 4.90 Å². The molecule has 0 spiro atoms. The van der Waals surface area contributed by atoms with Gasteiger partial charge in [0.2, 0.25) is 0 Å². The van der Waals surface area contributed by atoms with Crippen LogP contribution in [-0.4, -0.2) is 50.3 Å². The fourth-order valence-corrected chi connectivity index (χ4v) is 3.25. The van der Waals surface area contributed by atoms with Crippen LogP contribution in [0, 0.1) is 0 Å². The van der Waals surface area contributed by atoms with Crippen LogP contribution in [0.3, 0.4) is 0 Å². The SMILES string of the molecule is CCC(CC)(C(=O)O)N1CCS(=O)CC1. The van der Waals surface area contributed by atoms with Gasteiger partial charge in [-0.3, -0.25) is 13.9 Å². The minimum Gasteiger partial charge on any atom is -0.480 e. The van der Waals surface area contributed by atoms with Gasteiger partial charge in [-0.1, -0.05) is 13.8 Å². The predicted molar refractivity (Wildman–Crippen MR) is 60.4 cm³/mol. The lowest BCUT2D eigenvalue weighted by molar-refractivity contribution is -0.152. The minimum absolute atomic E-state index is 0.603. The highest BCUT2D eigenvalue weighted by atomic mass is 32.2. The average Bonchev–Trinajstić information content (AvgIpc) is 2.22. The zero-order valence-electron chi connectivity index (χ0n) is 9.36. The van der Waals surface area contributed by atoms with Gasteiger partial charge in [0, 0.05) is 35.4 Å². The lowest BCUT2D eigenvalue weighted by Crippen LogP contribution is -2.57. The van der Waals surface area contributed by atoms with Crippen molar-refractivity contribution in [1.29, 1.82) is 0 Å². The van der Waals surface area contributed by atoms with Crippen LogP contribution in [0.4, 0.5) is 0 Å². The number of nitrogens with zero attached hydrogens (tertiary/aromatic N) is 1. The molecule has 0 saturated carbocycles. The van der Waals surface area contributed by atoms with Crippen molar-refractivity contribution in [2.45, 2.75) is 32.2 Å². The van der Waals surface area contributed by atoms with Gasteiger partial charge in [0.05, 0.1) is 0 Å². The van der Waals surface area contributed by atoms with Crippen molar-refractivity contribution in [2.24, 2.45) is 0 Å².